The second-order valence-electron chi connectivity index (χ2n) is 5.36. The van der Waals surface area contributed by atoms with Gasteiger partial charge in [-0.1, -0.05) is 13.3 Å². The summed E-state index contributed by atoms with van der Waals surface area (Å²) in [7, 11) is 0. The first-order valence-corrected chi connectivity index (χ1v) is 6.68. The van der Waals surface area contributed by atoms with Crippen LogP contribution >= 0.6 is 0 Å². The highest BCUT2D eigenvalue weighted by Gasteiger charge is 2.23. The summed E-state index contributed by atoms with van der Waals surface area (Å²) in [6, 6.07) is -0.767. The van der Waals surface area contributed by atoms with Crippen molar-refractivity contribution in [2.24, 2.45) is 0 Å². The van der Waals surface area contributed by atoms with Gasteiger partial charge in [0.15, 0.2) is 0 Å². The first kappa shape index (κ1) is 17.7. The Labute approximate surface area is 114 Å². The quantitative estimate of drug-likeness (QED) is 0.608. The van der Waals surface area contributed by atoms with E-state index in [-0.39, 0.29) is 18.9 Å². The van der Waals surface area contributed by atoms with E-state index in [1.807, 2.05) is 6.92 Å². The van der Waals surface area contributed by atoms with Crippen LogP contribution < -0.4 is 10.6 Å². The zero-order chi connectivity index (χ0) is 14.9. The average Bonchev–Trinajstić information content (AvgIpc) is 2.26. The summed E-state index contributed by atoms with van der Waals surface area (Å²) in [4.78, 5) is 23.4. The molecule has 6 heteroatoms. The fourth-order valence-electron chi connectivity index (χ4n) is 1.36. The van der Waals surface area contributed by atoms with E-state index in [1.54, 1.807) is 20.8 Å². The Morgan fingerprint density at radius 1 is 1.32 bits per heavy atom. The molecule has 0 rings (SSSR count). The molecule has 0 radical (unpaired) electrons. The van der Waals surface area contributed by atoms with Gasteiger partial charge in [-0.2, -0.15) is 0 Å². The topological polar surface area (TPSA) is 87.7 Å². The molecule has 0 aliphatic carbocycles. The highest BCUT2D eigenvalue weighted by Crippen LogP contribution is 2.07. The molecule has 2 amide bonds. The van der Waals surface area contributed by atoms with Crippen molar-refractivity contribution >= 4 is 12.0 Å². The molecule has 0 aromatic rings. The van der Waals surface area contributed by atoms with Gasteiger partial charge in [0.05, 0.1) is 0 Å². The predicted octanol–water partition coefficient (Wildman–Crippen LogP) is 1.18. The van der Waals surface area contributed by atoms with Crippen LogP contribution in [0, 0.1) is 0 Å². The number of hydrogen-bond donors (Lipinski definition) is 3. The Morgan fingerprint density at radius 3 is 2.42 bits per heavy atom. The second-order valence-corrected chi connectivity index (χ2v) is 5.36. The van der Waals surface area contributed by atoms with E-state index in [4.69, 9.17) is 9.84 Å². The number of alkyl carbamates (subject to hydrolysis) is 1. The van der Waals surface area contributed by atoms with Crippen LogP contribution in [-0.4, -0.2) is 41.9 Å². The molecule has 0 aromatic heterocycles. The van der Waals surface area contributed by atoms with Gasteiger partial charge in [-0.15, -0.1) is 0 Å². The van der Waals surface area contributed by atoms with Gasteiger partial charge in [0.2, 0.25) is 5.91 Å². The predicted molar refractivity (Wildman–Crippen MR) is 72.8 cm³/mol. The number of hydrogen-bond acceptors (Lipinski definition) is 4. The number of aliphatic hydroxyl groups is 1. The molecule has 3 N–H and O–H groups in total. The van der Waals surface area contributed by atoms with E-state index in [1.165, 1.54) is 0 Å². The monoisotopic (exact) mass is 274 g/mol. The maximum Gasteiger partial charge on any atom is 0.408 e. The number of rotatable bonds is 7. The fourth-order valence-corrected chi connectivity index (χ4v) is 1.36. The molecule has 112 valence electrons. The third-order valence-electron chi connectivity index (χ3n) is 2.25. The van der Waals surface area contributed by atoms with Crippen molar-refractivity contribution in [3.63, 3.8) is 0 Å². The molecule has 19 heavy (non-hydrogen) atoms. The maximum absolute atomic E-state index is 11.8. The van der Waals surface area contributed by atoms with Gasteiger partial charge < -0.3 is 20.5 Å². The summed E-state index contributed by atoms with van der Waals surface area (Å²) >= 11 is 0. The molecule has 0 saturated carbocycles. The van der Waals surface area contributed by atoms with Crippen LogP contribution in [0.1, 0.15) is 47.0 Å². The van der Waals surface area contributed by atoms with Gasteiger partial charge in [-0.25, -0.2) is 4.79 Å². The van der Waals surface area contributed by atoms with Crippen LogP contribution in [-0.2, 0) is 9.53 Å². The van der Waals surface area contributed by atoms with E-state index < -0.39 is 17.7 Å². The molecule has 0 unspecified atom stereocenters. The van der Waals surface area contributed by atoms with Crippen molar-refractivity contribution in [1.29, 1.82) is 0 Å². The zero-order valence-electron chi connectivity index (χ0n) is 12.3. The minimum absolute atomic E-state index is 0.164. The van der Waals surface area contributed by atoms with Crippen LogP contribution in [0.4, 0.5) is 4.79 Å². The molecular weight excluding hydrogens is 248 g/mol. The molecule has 0 aliphatic rings. The lowest BCUT2D eigenvalue weighted by atomic mass is 10.2. The number of nitrogens with one attached hydrogen (secondary N) is 2. The Kier molecular flexibility index (Phi) is 8.14. The number of aliphatic hydroxyl groups excluding tert-OH is 1. The van der Waals surface area contributed by atoms with Gasteiger partial charge in [0.1, 0.15) is 11.6 Å². The van der Waals surface area contributed by atoms with Crippen LogP contribution in [0.15, 0.2) is 0 Å². The fraction of sp³-hybridized carbons (Fsp3) is 0.846. The van der Waals surface area contributed by atoms with Crippen molar-refractivity contribution in [2.75, 3.05) is 13.2 Å². The minimum atomic E-state index is -0.767. The van der Waals surface area contributed by atoms with E-state index in [0.29, 0.717) is 6.54 Å². The summed E-state index contributed by atoms with van der Waals surface area (Å²) in [5, 5.41) is 14.1. The first-order chi connectivity index (χ1) is 8.80. The maximum atomic E-state index is 11.8. The zero-order valence-corrected chi connectivity index (χ0v) is 12.3. The van der Waals surface area contributed by atoms with E-state index >= 15 is 0 Å². The molecule has 0 fully saturated rings. The van der Waals surface area contributed by atoms with Crippen LogP contribution in [0.25, 0.3) is 0 Å². The summed E-state index contributed by atoms with van der Waals surface area (Å²) in [6.07, 6.45) is 1.36. The lowest BCUT2D eigenvalue weighted by Crippen LogP contribution is -2.48. The first-order valence-electron chi connectivity index (χ1n) is 6.68. The number of carbonyl (C=O) groups excluding carboxylic acids is 2. The number of ether oxygens (including phenoxy) is 1. The normalized spacial score (nSPS) is 12.7. The Morgan fingerprint density at radius 2 is 1.95 bits per heavy atom. The van der Waals surface area contributed by atoms with Crippen molar-refractivity contribution < 1.29 is 19.4 Å². The van der Waals surface area contributed by atoms with Crippen molar-refractivity contribution in [1.82, 2.24) is 10.6 Å². The summed E-state index contributed by atoms with van der Waals surface area (Å²) in [5.41, 5.74) is -0.619. The Hall–Kier alpha value is -1.30. The highest BCUT2D eigenvalue weighted by atomic mass is 16.6. The Bertz CT molecular complexity index is 287. The van der Waals surface area contributed by atoms with Gasteiger partial charge in [0.25, 0.3) is 0 Å². The lowest BCUT2D eigenvalue weighted by Gasteiger charge is -2.23. The molecule has 1 atom stereocenters. The number of amides is 2. The van der Waals surface area contributed by atoms with E-state index in [0.717, 1.165) is 12.8 Å². The summed E-state index contributed by atoms with van der Waals surface area (Å²) < 4.78 is 5.08. The van der Waals surface area contributed by atoms with Gasteiger partial charge in [0, 0.05) is 13.2 Å². The average molecular weight is 274 g/mol. The third-order valence-corrected chi connectivity index (χ3v) is 2.25. The van der Waals surface area contributed by atoms with Gasteiger partial charge in [-0.3, -0.25) is 4.79 Å². The minimum Gasteiger partial charge on any atom is -0.444 e. The van der Waals surface area contributed by atoms with Crippen LogP contribution in [0.3, 0.4) is 0 Å². The molecule has 0 spiro atoms. The van der Waals surface area contributed by atoms with Gasteiger partial charge in [-0.05, 0) is 33.6 Å². The molecule has 0 saturated heterocycles. The second kappa shape index (κ2) is 8.74. The third kappa shape index (κ3) is 9.30. The smallest absolute Gasteiger partial charge is 0.408 e. The lowest BCUT2D eigenvalue weighted by molar-refractivity contribution is -0.123. The number of unbranched alkanes of at least 4 members (excludes halogenated alkanes) is 1. The van der Waals surface area contributed by atoms with Crippen molar-refractivity contribution in [2.45, 2.75) is 58.6 Å². The standard InChI is InChI=1S/C13H26N2O4/c1-5-6-8-14-11(17)10(7-9-16)15-12(18)19-13(2,3)4/h10,16H,5-9H2,1-4H3,(H,14,17)(H,15,18)/t10-/m0/s1. The van der Waals surface area contributed by atoms with Crippen LogP contribution in [0.2, 0.25) is 0 Å². The SMILES string of the molecule is CCCCNC(=O)[C@H](CCO)NC(=O)OC(C)(C)C. The Balaban J connectivity index is 4.31. The van der Waals surface area contributed by atoms with Crippen LogP contribution in [0.5, 0.6) is 0 Å². The van der Waals surface area contributed by atoms with E-state index in [2.05, 4.69) is 10.6 Å². The van der Waals surface area contributed by atoms with Gasteiger partial charge >= 0.3 is 6.09 Å². The molecule has 0 aromatic carbocycles. The van der Waals surface area contributed by atoms with E-state index in [9.17, 15) is 9.59 Å². The molecular formula is C13H26N2O4. The molecule has 0 heterocycles. The largest absolute Gasteiger partial charge is 0.444 e. The molecule has 6 nitrogen and oxygen atoms in total. The molecule has 0 aliphatic heterocycles. The van der Waals surface area contributed by atoms with Crippen molar-refractivity contribution in [3.05, 3.63) is 0 Å². The molecule has 0 bridgehead atoms. The summed E-state index contributed by atoms with van der Waals surface area (Å²) in [5.74, 6) is -0.298. The number of carbonyl (C=O) groups is 2. The summed E-state index contributed by atoms with van der Waals surface area (Å²) in [6.45, 7) is 7.64. The highest BCUT2D eigenvalue weighted by molar-refractivity contribution is 5.85. The van der Waals surface area contributed by atoms with Crippen molar-refractivity contribution in [3.8, 4) is 0 Å².